The number of hydrogen-bond donors (Lipinski definition) is 2. The zero-order chi connectivity index (χ0) is 30.3. The Morgan fingerprint density at radius 1 is 0.951 bits per heavy atom. The highest BCUT2D eigenvalue weighted by Gasteiger charge is 2.48. The summed E-state index contributed by atoms with van der Waals surface area (Å²) in [6, 6.07) is 14.7. The van der Waals surface area contributed by atoms with Crippen LogP contribution in [0, 0.1) is 0 Å². The first kappa shape index (κ1) is 31.5. The Bertz CT molecular complexity index is 1300. The molecule has 2 aromatic heterocycles. The van der Waals surface area contributed by atoms with Crippen molar-refractivity contribution in [3.05, 3.63) is 60.6 Å². The van der Waals surface area contributed by atoms with Crippen molar-refractivity contribution < 1.29 is 55.6 Å². The maximum atomic E-state index is 10.6. The number of benzene rings is 1. The highest BCUT2D eigenvalue weighted by molar-refractivity contribution is 5.78. The summed E-state index contributed by atoms with van der Waals surface area (Å²) in [4.78, 5) is 33.3. The summed E-state index contributed by atoms with van der Waals surface area (Å²) in [6.07, 6.45) is -4.88. The second-order valence-electron chi connectivity index (χ2n) is 9.04. The summed E-state index contributed by atoms with van der Waals surface area (Å²) in [6.45, 7) is 3.40. The Hall–Kier alpha value is -4.05. The van der Waals surface area contributed by atoms with E-state index in [0.717, 1.165) is 50.3 Å². The molecule has 2 aliphatic heterocycles. The zero-order valence-electron chi connectivity index (χ0n) is 21.1. The van der Waals surface area contributed by atoms with Gasteiger partial charge in [-0.25, -0.2) is 19.6 Å². The number of aromatic nitrogens is 3. The lowest BCUT2D eigenvalue weighted by Crippen LogP contribution is -2.65. The molecule has 2 fully saturated rings. The number of alkyl halides is 6. The number of carbonyl (C=O) groups is 2. The molecule has 0 radical (unpaired) electrons. The lowest BCUT2D eigenvalue weighted by atomic mass is 9.84. The maximum Gasteiger partial charge on any atom is 0.490 e. The molecule has 2 aliphatic rings. The standard InChI is InChI=1S/C21H22N4O2.2C2HF3O2/c1-2-5-19-16(4-1)6-7-17(24-19)13-25-14-21(15-25)12-18(8-11-26-21)27-20-22-9-3-10-23-20;2*3-2(4,5)1(6)7/h1-7,9-10,18H,8,11-15H2;2*(H,6,7). The first-order chi connectivity index (χ1) is 19.2. The highest BCUT2D eigenvalue weighted by atomic mass is 19.4. The quantitative estimate of drug-likeness (QED) is 0.428. The van der Waals surface area contributed by atoms with Crippen LogP contribution in [0.15, 0.2) is 54.9 Å². The molecule has 222 valence electrons. The minimum atomic E-state index is -5.08. The summed E-state index contributed by atoms with van der Waals surface area (Å²) in [5.41, 5.74) is 2.05. The van der Waals surface area contributed by atoms with Crippen molar-refractivity contribution in [1.29, 1.82) is 0 Å². The smallest absolute Gasteiger partial charge is 0.475 e. The number of nitrogens with zero attached hydrogens (tertiary/aromatic N) is 4. The van der Waals surface area contributed by atoms with Crippen LogP contribution >= 0.6 is 0 Å². The second-order valence-corrected chi connectivity index (χ2v) is 9.04. The largest absolute Gasteiger partial charge is 0.490 e. The Morgan fingerprint density at radius 2 is 1.54 bits per heavy atom. The van der Waals surface area contributed by atoms with Gasteiger partial charge in [0.15, 0.2) is 0 Å². The molecule has 3 aromatic rings. The molecule has 0 amide bonds. The minimum absolute atomic E-state index is 0.103. The van der Waals surface area contributed by atoms with E-state index in [1.54, 1.807) is 18.5 Å². The van der Waals surface area contributed by atoms with Crippen LogP contribution in [0.5, 0.6) is 6.01 Å². The van der Waals surface area contributed by atoms with Crippen LogP contribution in [0.1, 0.15) is 18.5 Å². The molecule has 4 heterocycles. The average molecular weight is 590 g/mol. The van der Waals surface area contributed by atoms with Crippen LogP contribution in [0.3, 0.4) is 0 Å². The van der Waals surface area contributed by atoms with Crippen molar-refractivity contribution in [2.75, 3.05) is 19.7 Å². The normalized spacial score (nSPS) is 18.2. The van der Waals surface area contributed by atoms with Gasteiger partial charge in [-0.1, -0.05) is 24.3 Å². The Balaban J connectivity index is 0.000000276. The van der Waals surface area contributed by atoms with Crippen molar-refractivity contribution in [3.63, 3.8) is 0 Å². The molecule has 0 saturated carbocycles. The van der Waals surface area contributed by atoms with Gasteiger partial charge in [-0.3, -0.25) is 9.88 Å². The summed E-state index contributed by atoms with van der Waals surface area (Å²) in [5, 5.41) is 15.4. The average Bonchev–Trinajstić information content (AvgIpc) is 2.88. The van der Waals surface area contributed by atoms with Crippen LogP contribution in [-0.4, -0.2) is 85.8 Å². The molecule has 1 unspecified atom stereocenters. The van der Waals surface area contributed by atoms with Gasteiger partial charge >= 0.3 is 30.3 Å². The number of para-hydroxylation sites is 1. The van der Waals surface area contributed by atoms with Gasteiger partial charge in [0.25, 0.3) is 0 Å². The number of carboxylic acids is 2. The van der Waals surface area contributed by atoms with Crippen molar-refractivity contribution >= 4 is 22.8 Å². The van der Waals surface area contributed by atoms with E-state index in [-0.39, 0.29) is 11.7 Å². The number of hydrogen-bond acceptors (Lipinski definition) is 8. The third-order valence-electron chi connectivity index (χ3n) is 5.81. The van der Waals surface area contributed by atoms with Gasteiger partial charge in [0.05, 0.1) is 23.4 Å². The summed E-state index contributed by atoms with van der Waals surface area (Å²) < 4.78 is 75.6. The van der Waals surface area contributed by atoms with E-state index in [9.17, 15) is 26.3 Å². The lowest BCUT2D eigenvalue weighted by molar-refractivity contribution is -0.193. The minimum Gasteiger partial charge on any atom is -0.475 e. The van der Waals surface area contributed by atoms with Crippen molar-refractivity contribution in [3.8, 4) is 6.01 Å². The first-order valence-electron chi connectivity index (χ1n) is 11.9. The van der Waals surface area contributed by atoms with Crippen molar-refractivity contribution in [2.45, 2.75) is 43.4 Å². The lowest BCUT2D eigenvalue weighted by Gasteiger charge is -2.52. The fraction of sp³-hybridized carbons (Fsp3) is 0.400. The van der Waals surface area contributed by atoms with Crippen LogP contribution < -0.4 is 4.74 Å². The molecule has 2 N–H and O–H groups in total. The van der Waals surface area contributed by atoms with E-state index < -0.39 is 24.3 Å². The molecule has 10 nitrogen and oxygen atoms in total. The van der Waals surface area contributed by atoms with E-state index >= 15 is 0 Å². The highest BCUT2D eigenvalue weighted by Crippen LogP contribution is 2.36. The fourth-order valence-electron chi connectivity index (χ4n) is 4.11. The number of fused-ring (bicyclic) bond motifs is 1. The first-order valence-corrected chi connectivity index (χ1v) is 11.9. The van der Waals surface area contributed by atoms with Crippen LogP contribution in [0.4, 0.5) is 26.3 Å². The van der Waals surface area contributed by atoms with Crippen LogP contribution in [-0.2, 0) is 20.9 Å². The predicted molar refractivity (Wildman–Crippen MR) is 129 cm³/mol. The molecular weight excluding hydrogens is 566 g/mol. The third-order valence-corrected chi connectivity index (χ3v) is 5.81. The van der Waals surface area contributed by atoms with E-state index in [0.29, 0.717) is 6.01 Å². The number of likely N-dealkylation sites (tertiary alicyclic amines) is 1. The van der Waals surface area contributed by atoms with Gasteiger partial charge < -0.3 is 19.7 Å². The zero-order valence-corrected chi connectivity index (χ0v) is 21.1. The van der Waals surface area contributed by atoms with Gasteiger partial charge in [-0.15, -0.1) is 0 Å². The van der Waals surface area contributed by atoms with Crippen LogP contribution in [0.2, 0.25) is 0 Å². The predicted octanol–water partition coefficient (Wildman–Crippen LogP) is 4.10. The molecule has 2 saturated heterocycles. The monoisotopic (exact) mass is 590 g/mol. The molecule has 41 heavy (non-hydrogen) atoms. The van der Waals surface area contributed by atoms with E-state index in [2.05, 4.69) is 39.1 Å². The third kappa shape index (κ3) is 9.53. The number of carboxylic acid groups (broad SMARTS) is 2. The Labute approximate surface area is 228 Å². The Kier molecular flexibility index (Phi) is 10.0. The molecule has 1 atom stereocenters. The van der Waals surface area contributed by atoms with Gasteiger partial charge in [-0.2, -0.15) is 26.3 Å². The summed E-state index contributed by atoms with van der Waals surface area (Å²) in [7, 11) is 0. The summed E-state index contributed by atoms with van der Waals surface area (Å²) >= 11 is 0. The van der Waals surface area contributed by atoms with Gasteiger partial charge in [0.2, 0.25) is 0 Å². The van der Waals surface area contributed by atoms with E-state index in [1.807, 2.05) is 12.1 Å². The molecule has 5 rings (SSSR count). The molecule has 1 spiro atoms. The van der Waals surface area contributed by atoms with Crippen LogP contribution in [0.25, 0.3) is 10.9 Å². The second kappa shape index (κ2) is 13.1. The van der Waals surface area contributed by atoms with Crippen molar-refractivity contribution in [2.24, 2.45) is 0 Å². The SMILES string of the molecule is O=C(O)C(F)(F)F.O=C(O)C(F)(F)F.c1cnc(OC2CCOC3(C2)CN(Cc2ccc4ccccc4n2)C3)nc1. The summed E-state index contributed by atoms with van der Waals surface area (Å²) in [5.74, 6) is -5.51. The Morgan fingerprint density at radius 3 is 2.12 bits per heavy atom. The van der Waals surface area contributed by atoms with Gasteiger partial charge in [-0.05, 0) is 18.2 Å². The number of rotatable bonds is 4. The van der Waals surface area contributed by atoms with E-state index in [1.165, 1.54) is 5.39 Å². The van der Waals surface area contributed by atoms with Crippen molar-refractivity contribution in [1.82, 2.24) is 19.9 Å². The molecule has 0 bridgehead atoms. The molecule has 16 heteroatoms. The van der Waals surface area contributed by atoms with Gasteiger partial charge in [0, 0.05) is 50.3 Å². The van der Waals surface area contributed by atoms with E-state index in [4.69, 9.17) is 34.3 Å². The van der Waals surface area contributed by atoms with Gasteiger partial charge in [0.1, 0.15) is 6.10 Å². The maximum absolute atomic E-state index is 10.6. The molecular formula is C25H24F6N4O6. The topological polar surface area (TPSA) is 135 Å². The number of pyridine rings is 1. The number of aliphatic carboxylic acids is 2. The number of ether oxygens (including phenoxy) is 2. The number of halogens is 6. The fourth-order valence-corrected chi connectivity index (χ4v) is 4.11. The molecule has 0 aliphatic carbocycles. The molecule has 1 aromatic carbocycles.